The molecule has 27 heavy (non-hydrogen) atoms. The van der Waals surface area contributed by atoms with E-state index in [0.717, 1.165) is 26.5 Å². The van der Waals surface area contributed by atoms with Gasteiger partial charge in [-0.1, -0.05) is 34.1 Å². The summed E-state index contributed by atoms with van der Waals surface area (Å²) >= 11 is 3.57. The Hall–Kier alpha value is -2.54. The molecule has 0 spiro atoms. The van der Waals surface area contributed by atoms with Crippen LogP contribution in [0.3, 0.4) is 0 Å². The average molecular weight is 433 g/mol. The second-order valence-corrected chi connectivity index (χ2v) is 6.90. The van der Waals surface area contributed by atoms with Gasteiger partial charge in [0.1, 0.15) is 0 Å². The van der Waals surface area contributed by atoms with Crippen molar-refractivity contribution in [3.63, 3.8) is 0 Å². The number of aromatic amines is 1. The van der Waals surface area contributed by atoms with Gasteiger partial charge >= 0.3 is 0 Å². The molecule has 1 aromatic heterocycles. The molecule has 7 heteroatoms. The van der Waals surface area contributed by atoms with Crippen molar-refractivity contribution < 1.29 is 14.4 Å². The highest BCUT2D eigenvalue weighted by Crippen LogP contribution is 2.41. The number of para-hydroxylation sites is 1. The van der Waals surface area contributed by atoms with Crippen molar-refractivity contribution in [2.24, 2.45) is 0 Å². The number of benzene rings is 2. The van der Waals surface area contributed by atoms with Gasteiger partial charge in [0.25, 0.3) is 0 Å². The Morgan fingerprint density at radius 3 is 2.44 bits per heavy atom. The predicted molar refractivity (Wildman–Crippen MR) is 108 cm³/mol. The third-order valence-electron chi connectivity index (χ3n) is 4.37. The fraction of sp³-hybridized carbons (Fsp3) is 0.300. The zero-order valence-corrected chi connectivity index (χ0v) is 16.8. The van der Waals surface area contributed by atoms with Gasteiger partial charge in [-0.15, -0.1) is 0 Å². The van der Waals surface area contributed by atoms with Crippen LogP contribution in [0.5, 0.6) is 11.5 Å². The number of nitrogens with zero attached hydrogens (tertiary/aromatic N) is 1. The summed E-state index contributed by atoms with van der Waals surface area (Å²) in [5.41, 5.74) is 2.63. The van der Waals surface area contributed by atoms with Gasteiger partial charge in [-0.25, -0.2) is 0 Å². The number of H-pyrrole nitrogens is 1. The molecular weight excluding hydrogens is 412 g/mol. The lowest BCUT2D eigenvalue weighted by atomic mass is 9.90. The van der Waals surface area contributed by atoms with Crippen molar-refractivity contribution in [3.05, 3.63) is 68.3 Å². The number of hydrogen-bond donors (Lipinski definition) is 1. The van der Waals surface area contributed by atoms with E-state index in [1.165, 1.54) is 0 Å². The Bertz CT molecular complexity index is 954. The van der Waals surface area contributed by atoms with Crippen LogP contribution < -0.4 is 9.47 Å². The molecule has 0 aliphatic carbocycles. The van der Waals surface area contributed by atoms with Crippen LogP contribution in [0, 0.1) is 10.1 Å². The zero-order chi connectivity index (χ0) is 19.4. The van der Waals surface area contributed by atoms with E-state index in [1.807, 2.05) is 56.4 Å². The predicted octanol–water partition coefficient (Wildman–Crippen LogP) is 5.14. The molecule has 6 nitrogen and oxygen atoms in total. The van der Waals surface area contributed by atoms with E-state index in [1.54, 1.807) is 0 Å². The summed E-state index contributed by atoms with van der Waals surface area (Å²) in [6.45, 7) is 4.56. The van der Waals surface area contributed by atoms with Crippen LogP contribution in [-0.2, 0) is 0 Å². The van der Waals surface area contributed by atoms with Gasteiger partial charge in [-0.3, -0.25) is 10.1 Å². The van der Waals surface area contributed by atoms with Gasteiger partial charge in [0.15, 0.2) is 11.5 Å². The fourth-order valence-electron chi connectivity index (χ4n) is 3.25. The molecule has 0 amide bonds. The van der Waals surface area contributed by atoms with Gasteiger partial charge in [0.05, 0.1) is 19.1 Å². The van der Waals surface area contributed by atoms with E-state index in [9.17, 15) is 10.1 Å². The van der Waals surface area contributed by atoms with Gasteiger partial charge in [0.2, 0.25) is 6.54 Å². The summed E-state index contributed by atoms with van der Waals surface area (Å²) in [7, 11) is 0. The number of fused-ring (bicyclic) bond motifs is 1. The van der Waals surface area contributed by atoms with Crippen molar-refractivity contribution in [2.75, 3.05) is 19.8 Å². The number of rotatable bonds is 8. The Morgan fingerprint density at radius 2 is 1.78 bits per heavy atom. The lowest BCUT2D eigenvalue weighted by molar-refractivity contribution is -0.481. The van der Waals surface area contributed by atoms with Crippen LogP contribution in [0.25, 0.3) is 10.9 Å². The summed E-state index contributed by atoms with van der Waals surface area (Å²) in [5, 5.41) is 12.4. The van der Waals surface area contributed by atoms with Crippen molar-refractivity contribution in [1.29, 1.82) is 0 Å². The zero-order valence-electron chi connectivity index (χ0n) is 15.2. The standard InChI is InChI=1S/C20H21BrN2O4/c1-3-26-19-9-14(17(21)10-20(19)27-4-2)16(12-23(24)25)15-11-22-18-8-6-5-7-13(15)18/h5-11,16,22H,3-4,12H2,1-2H3/t16-/m1/s1. The monoisotopic (exact) mass is 432 g/mol. The lowest BCUT2D eigenvalue weighted by Gasteiger charge is -2.19. The number of hydrogen-bond acceptors (Lipinski definition) is 4. The van der Waals surface area contributed by atoms with E-state index in [0.29, 0.717) is 24.7 Å². The minimum absolute atomic E-state index is 0.222. The highest BCUT2D eigenvalue weighted by Gasteiger charge is 2.27. The van der Waals surface area contributed by atoms with Crippen molar-refractivity contribution >= 4 is 26.8 Å². The highest BCUT2D eigenvalue weighted by molar-refractivity contribution is 9.10. The van der Waals surface area contributed by atoms with Crippen molar-refractivity contribution in [3.8, 4) is 11.5 Å². The first-order valence-corrected chi connectivity index (χ1v) is 9.61. The number of nitrogens with one attached hydrogen (secondary N) is 1. The molecule has 1 atom stereocenters. The van der Waals surface area contributed by atoms with E-state index >= 15 is 0 Å². The molecule has 3 rings (SSSR count). The van der Waals surface area contributed by atoms with Crippen LogP contribution in [0.1, 0.15) is 30.9 Å². The minimum atomic E-state index is -0.430. The van der Waals surface area contributed by atoms with E-state index < -0.39 is 5.92 Å². The molecule has 1 N–H and O–H groups in total. The molecule has 3 aromatic rings. The van der Waals surface area contributed by atoms with E-state index in [-0.39, 0.29) is 11.5 Å². The molecule has 0 aliphatic heterocycles. The molecule has 0 bridgehead atoms. The van der Waals surface area contributed by atoms with Crippen LogP contribution in [0.4, 0.5) is 0 Å². The first-order chi connectivity index (χ1) is 13.0. The second kappa shape index (κ2) is 8.43. The molecule has 0 radical (unpaired) electrons. The maximum atomic E-state index is 11.4. The molecule has 0 saturated heterocycles. The molecule has 1 heterocycles. The Kier molecular flexibility index (Phi) is 6.01. The number of ether oxygens (including phenoxy) is 2. The first kappa shape index (κ1) is 19.2. The summed E-state index contributed by atoms with van der Waals surface area (Å²) in [6.07, 6.45) is 1.85. The molecule has 0 unspecified atom stereocenters. The summed E-state index contributed by atoms with van der Waals surface area (Å²) < 4.78 is 12.1. The van der Waals surface area contributed by atoms with Crippen LogP contribution in [-0.4, -0.2) is 29.7 Å². The number of nitro groups is 1. The van der Waals surface area contributed by atoms with Gasteiger partial charge in [-0.2, -0.15) is 0 Å². The molecule has 0 fully saturated rings. The third-order valence-corrected chi connectivity index (χ3v) is 5.05. The normalized spacial score (nSPS) is 12.1. The van der Waals surface area contributed by atoms with Gasteiger partial charge < -0.3 is 14.5 Å². The van der Waals surface area contributed by atoms with Gasteiger partial charge in [0, 0.05) is 26.5 Å². The SMILES string of the molecule is CCOc1cc(Br)c([C@@H](C[N+](=O)[O-])c2c[nH]c3ccccc23)cc1OCC. The number of aromatic nitrogens is 1. The average Bonchev–Trinajstić information content (AvgIpc) is 3.06. The summed E-state index contributed by atoms with van der Waals surface area (Å²) in [5.74, 6) is 0.778. The fourth-order valence-corrected chi connectivity index (χ4v) is 3.85. The topological polar surface area (TPSA) is 77.4 Å². The van der Waals surface area contributed by atoms with E-state index in [2.05, 4.69) is 20.9 Å². The first-order valence-electron chi connectivity index (χ1n) is 8.82. The smallest absolute Gasteiger partial charge is 0.214 e. The van der Waals surface area contributed by atoms with Crippen LogP contribution in [0.2, 0.25) is 0 Å². The molecule has 0 saturated carbocycles. The van der Waals surface area contributed by atoms with Crippen molar-refractivity contribution in [2.45, 2.75) is 19.8 Å². The minimum Gasteiger partial charge on any atom is -0.490 e. The molecule has 2 aromatic carbocycles. The van der Waals surface area contributed by atoms with Gasteiger partial charge in [-0.05, 0) is 43.2 Å². The summed E-state index contributed by atoms with van der Waals surface area (Å²) in [4.78, 5) is 14.4. The molecular formula is C20H21BrN2O4. The molecule has 0 aliphatic rings. The van der Waals surface area contributed by atoms with E-state index in [4.69, 9.17) is 9.47 Å². The van der Waals surface area contributed by atoms with Crippen LogP contribution >= 0.6 is 15.9 Å². The van der Waals surface area contributed by atoms with Crippen molar-refractivity contribution in [1.82, 2.24) is 4.98 Å². The Balaban J connectivity index is 2.15. The van der Waals surface area contributed by atoms with Crippen LogP contribution in [0.15, 0.2) is 47.1 Å². The molecule has 142 valence electrons. The Morgan fingerprint density at radius 1 is 1.11 bits per heavy atom. The maximum Gasteiger partial charge on any atom is 0.214 e. The summed E-state index contributed by atoms with van der Waals surface area (Å²) in [6, 6.07) is 11.5. The quantitative estimate of drug-likeness (QED) is 0.394. The second-order valence-electron chi connectivity index (χ2n) is 6.04. The number of halogens is 1. The Labute approximate surface area is 165 Å². The third kappa shape index (κ3) is 4.08. The highest BCUT2D eigenvalue weighted by atomic mass is 79.9. The lowest BCUT2D eigenvalue weighted by Crippen LogP contribution is -2.15. The largest absolute Gasteiger partial charge is 0.490 e. The maximum absolute atomic E-state index is 11.4.